The van der Waals surface area contributed by atoms with Crippen molar-refractivity contribution in [1.82, 2.24) is 20.1 Å². The molecule has 3 N–H and O–H groups in total. The molecular formula is C19H23N5O4. The second-order valence-electron chi connectivity index (χ2n) is 7.20. The van der Waals surface area contributed by atoms with Crippen molar-refractivity contribution < 1.29 is 14.3 Å². The van der Waals surface area contributed by atoms with Gasteiger partial charge in [-0.25, -0.2) is 14.3 Å². The van der Waals surface area contributed by atoms with Gasteiger partial charge in [-0.2, -0.15) is 0 Å². The molecule has 0 unspecified atom stereocenters. The molecule has 1 atom stereocenters. The molecule has 1 aromatic heterocycles. The number of rotatable bonds is 5. The van der Waals surface area contributed by atoms with Crippen molar-refractivity contribution in [2.24, 2.45) is 0 Å². The van der Waals surface area contributed by atoms with Crippen LogP contribution in [0.5, 0.6) is 0 Å². The molecule has 0 spiro atoms. The van der Waals surface area contributed by atoms with E-state index in [4.69, 9.17) is 4.74 Å². The summed E-state index contributed by atoms with van der Waals surface area (Å²) in [6, 6.07) is 6.31. The first-order valence-electron chi connectivity index (χ1n) is 9.63. The molecule has 2 fully saturated rings. The summed E-state index contributed by atoms with van der Waals surface area (Å²) in [5.41, 5.74) is 0.918. The lowest BCUT2D eigenvalue weighted by Crippen LogP contribution is -2.37. The number of ether oxygens (including phenoxy) is 1. The number of esters is 1. The fourth-order valence-electron chi connectivity index (χ4n) is 3.68. The molecule has 9 heteroatoms. The lowest BCUT2D eigenvalue weighted by atomic mass is 9.96. The molecular weight excluding hydrogens is 362 g/mol. The number of aromatic nitrogens is 3. The predicted octanol–water partition coefficient (Wildman–Crippen LogP) is 1.87. The van der Waals surface area contributed by atoms with E-state index in [2.05, 4.69) is 20.7 Å². The standard InChI is InChI=1S/C19H23N5O4/c25-16(21-15-10-11-28-17(15)26)12-6-8-13(9-7-12)20-18-22-19(27)24(23-18)14-4-2-1-3-5-14/h6-9,14-15H,1-5,10-11H2,(H,21,25)(H2,20,22,23,27)/t15-/m0/s1. The highest BCUT2D eigenvalue weighted by Crippen LogP contribution is 2.26. The molecule has 1 amide bonds. The number of carbonyl (C=O) groups is 2. The van der Waals surface area contributed by atoms with Gasteiger partial charge in [0.2, 0.25) is 5.95 Å². The maximum absolute atomic E-state index is 12.2. The molecule has 2 aromatic rings. The van der Waals surface area contributed by atoms with E-state index < -0.39 is 12.0 Å². The van der Waals surface area contributed by atoms with Crippen LogP contribution >= 0.6 is 0 Å². The number of nitrogens with one attached hydrogen (secondary N) is 3. The highest BCUT2D eigenvalue weighted by molar-refractivity contribution is 5.97. The highest BCUT2D eigenvalue weighted by Gasteiger charge is 2.28. The molecule has 4 rings (SSSR count). The van der Waals surface area contributed by atoms with Crippen molar-refractivity contribution in [3.8, 4) is 0 Å². The number of anilines is 2. The van der Waals surface area contributed by atoms with Gasteiger partial charge in [0.1, 0.15) is 6.04 Å². The largest absolute Gasteiger partial charge is 0.464 e. The molecule has 148 valence electrons. The van der Waals surface area contributed by atoms with Crippen molar-refractivity contribution in [2.75, 3.05) is 11.9 Å². The van der Waals surface area contributed by atoms with E-state index in [9.17, 15) is 14.4 Å². The summed E-state index contributed by atoms with van der Waals surface area (Å²) >= 11 is 0. The van der Waals surface area contributed by atoms with E-state index in [0.717, 1.165) is 25.7 Å². The van der Waals surface area contributed by atoms with Gasteiger partial charge in [0.15, 0.2) is 0 Å². The quantitative estimate of drug-likeness (QED) is 0.676. The minimum absolute atomic E-state index is 0.154. The summed E-state index contributed by atoms with van der Waals surface area (Å²) in [5, 5.41) is 10.1. The number of nitrogens with zero attached hydrogens (tertiary/aromatic N) is 2. The van der Waals surface area contributed by atoms with Gasteiger partial charge in [-0.3, -0.25) is 9.78 Å². The topological polar surface area (TPSA) is 118 Å². The Hall–Kier alpha value is -3.10. The normalized spacial score (nSPS) is 20.0. The van der Waals surface area contributed by atoms with Crippen LogP contribution in [0.3, 0.4) is 0 Å². The lowest BCUT2D eigenvalue weighted by Gasteiger charge is -2.20. The Labute approximate surface area is 161 Å². The van der Waals surface area contributed by atoms with E-state index in [1.165, 1.54) is 11.1 Å². The smallest absolute Gasteiger partial charge is 0.344 e. The number of cyclic esters (lactones) is 1. The average molecular weight is 385 g/mol. The Balaban J connectivity index is 1.40. The first kappa shape index (κ1) is 18.3. The number of hydrogen-bond acceptors (Lipinski definition) is 6. The van der Waals surface area contributed by atoms with E-state index in [0.29, 0.717) is 30.2 Å². The number of aromatic amines is 1. The average Bonchev–Trinajstić information content (AvgIpc) is 3.28. The van der Waals surface area contributed by atoms with Crippen LogP contribution < -0.4 is 16.3 Å². The number of hydrogen-bond donors (Lipinski definition) is 3. The number of amides is 1. The Morgan fingerprint density at radius 2 is 1.86 bits per heavy atom. The van der Waals surface area contributed by atoms with E-state index in [1.54, 1.807) is 24.3 Å². The van der Waals surface area contributed by atoms with Crippen LogP contribution in [0.4, 0.5) is 11.6 Å². The van der Waals surface area contributed by atoms with Crippen LogP contribution in [-0.4, -0.2) is 39.3 Å². The molecule has 1 saturated heterocycles. The van der Waals surface area contributed by atoms with Crippen molar-refractivity contribution in [1.29, 1.82) is 0 Å². The molecule has 28 heavy (non-hydrogen) atoms. The van der Waals surface area contributed by atoms with Crippen LogP contribution in [0.1, 0.15) is 54.9 Å². The Kier molecular flexibility index (Phi) is 5.14. The second-order valence-corrected chi connectivity index (χ2v) is 7.20. The highest BCUT2D eigenvalue weighted by atomic mass is 16.5. The van der Waals surface area contributed by atoms with Crippen molar-refractivity contribution in [3.63, 3.8) is 0 Å². The minimum Gasteiger partial charge on any atom is -0.464 e. The van der Waals surface area contributed by atoms with Gasteiger partial charge in [-0.1, -0.05) is 19.3 Å². The summed E-state index contributed by atoms with van der Waals surface area (Å²) in [7, 11) is 0. The third-order valence-corrected chi connectivity index (χ3v) is 5.21. The second kappa shape index (κ2) is 7.87. The SMILES string of the molecule is O=C(N[C@H]1CCOC1=O)c1ccc(Nc2nn(C3CCCCC3)c(=O)[nH]2)cc1. The Bertz CT molecular complexity index is 911. The molecule has 2 aliphatic rings. The van der Waals surface area contributed by atoms with Gasteiger partial charge in [0.25, 0.3) is 5.91 Å². The molecule has 1 aromatic carbocycles. The fraction of sp³-hybridized carbons (Fsp3) is 0.474. The third kappa shape index (κ3) is 3.92. The van der Waals surface area contributed by atoms with Crippen molar-refractivity contribution in [3.05, 3.63) is 40.3 Å². The van der Waals surface area contributed by atoms with Crippen molar-refractivity contribution in [2.45, 2.75) is 50.6 Å². The summed E-state index contributed by atoms with van der Waals surface area (Å²) < 4.78 is 6.37. The molecule has 1 saturated carbocycles. The number of H-pyrrole nitrogens is 1. The maximum atomic E-state index is 12.2. The van der Waals surface area contributed by atoms with Crippen LogP contribution in [0.25, 0.3) is 0 Å². The van der Waals surface area contributed by atoms with Gasteiger partial charge in [-0.05, 0) is 37.1 Å². The van der Waals surface area contributed by atoms with Crippen LogP contribution in [-0.2, 0) is 9.53 Å². The Morgan fingerprint density at radius 3 is 2.54 bits per heavy atom. The summed E-state index contributed by atoms with van der Waals surface area (Å²) in [5.74, 6) is -0.351. The lowest BCUT2D eigenvalue weighted by molar-refractivity contribution is -0.139. The van der Waals surface area contributed by atoms with Crippen LogP contribution in [0, 0.1) is 0 Å². The molecule has 1 aliphatic carbocycles. The molecule has 1 aliphatic heterocycles. The van der Waals surface area contributed by atoms with E-state index >= 15 is 0 Å². The number of carbonyl (C=O) groups excluding carboxylic acids is 2. The Morgan fingerprint density at radius 1 is 1.11 bits per heavy atom. The minimum atomic E-state index is -0.584. The maximum Gasteiger partial charge on any atom is 0.344 e. The molecule has 9 nitrogen and oxygen atoms in total. The fourth-order valence-corrected chi connectivity index (χ4v) is 3.68. The molecule has 2 heterocycles. The van der Waals surface area contributed by atoms with Gasteiger partial charge in [-0.15, -0.1) is 5.10 Å². The first-order valence-corrected chi connectivity index (χ1v) is 9.63. The van der Waals surface area contributed by atoms with Crippen LogP contribution in [0.15, 0.2) is 29.1 Å². The zero-order valence-electron chi connectivity index (χ0n) is 15.4. The van der Waals surface area contributed by atoms with E-state index in [-0.39, 0.29) is 17.6 Å². The predicted molar refractivity (Wildman–Crippen MR) is 102 cm³/mol. The summed E-state index contributed by atoms with van der Waals surface area (Å²) in [6.07, 6.45) is 5.89. The third-order valence-electron chi connectivity index (χ3n) is 5.21. The van der Waals surface area contributed by atoms with Gasteiger partial charge in [0, 0.05) is 17.7 Å². The van der Waals surface area contributed by atoms with E-state index in [1.807, 2.05) is 0 Å². The van der Waals surface area contributed by atoms with Gasteiger partial charge in [0.05, 0.1) is 12.6 Å². The summed E-state index contributed by atoms with van der Waals surface area (Å²) in [6.45, 7) is 0.332. The molecule has 0 bridgehead atoms. The van der Waals surface area contributed by atoms with Gasteiger partial charge >= 0.3 is 11.7 Å². The van der Waals surface area contributed by atoms with Gasteiger partial charge < -0.3 is 15.4 Å². The first-order chi connectivity index (χ1) is 13.6. The zero-order chi connectivity index (χ0) is 19.5. The molecule has 0 radical (unpaired) electrons. The van der Waals surface area contributed by atoms with Crippen LogP contribution in [0.2, 0.25) is 0 Å². The monoisotopic (exact) mass is 385 g/mol. The summed E-state index contributed by atoms with van der Waals surface area (Å²) in [4.78, 5) is 38.6. The van der Waals surface area contributed by atoms with Crippen molar-refractivity contribution >= 4 is 23.5 Å². The number of benzene rings is 1. The zero-order valence-corrected chi connectivity index (χ0v) is 15.4.